The molecule has 2 fully saturated rings. The Labute approximate surface area is 172 Å². The summed E-state index contributed by atoms with van der Waals surface area (Å²) in [5.74, 6) is -1.49. The highest BCUT2D eigenvalue weighted by Crippen LogP contribution is 2.18. The Morgan fingerprint density at radius 2 is 1.72 bits per heavy atom. The third-order valence-corrected chi connectivity index (χ3v) is 5.87. The average molecular weight is 411 g/mol. The number of aliphatic carboxylic acids is 1. The van der Waals surface area contributed by atoms with Gasteiger partial charge in [0.25, 0.3) is 0 Å². The fourth-order valence-corrected chi connectivity index (χ4v) is 4.25. The van der Waals surface area contributed by atoms with E-state index in [2.05, 4.69) is 15.5 Å². The number of carbonyl (C=O) groups is 4. The summed E-state index contributed by atoms with van der Waals surface area (Å²) in [6, 6.07) is -1.55. The van der Waals surface area contributed by atoms with Gasteiger partial charge in [0.15, 0.2) is 0 Å². The molecule has 29 heavy (non-hydrogen) atoms. The third-order valence-electron chi connectivity index (χ3n) is 5.87. The number of hydrogen-bond acceptors (Lipinski definition) is 5. The van der Waals surface area contributed by atoms with E-state index in [-0.39, 0.29) is 23.8 Å². The summed E-state index contributed by atoms with van der Waals surface area (Å²) in [4.78, 5) is 51.4. The fourth-order valence-electron chi connectivity index (χ4n) is 4.25. The molecule has 0 aliphatic carbocycles. The molecule has 2 aliphatic rings. The molecule has 9 nitrogen and oxygen atoms in total. The van der Waals surface area contributed by atoms with Crippen molar-refractivity contribution < 1.29 is 24.3 Å². The maximum atomic E-state index is 12.4. The van der Waals surface area contributed by atoms with Gasteiger partial charge in [-0.1, -0.05) is 6.92 Å². The molecule has 2 saturated heterocycles. The SMILES string of the molecule is CCN1CCCC1C(=O)NC(CCCCNC(=O)C1CCCN1C(C)=O)C(=O)O. The summed E-state index contributed by atoms with van der Waals surface area (Å²) < 4.78 is 0. The van der Waals surface area contributed by atoms with Crippen molar-refractivity contribution in [1.82, 2.24) is 20.4 Å². The first-order chi connectivity index (χ1) is 13.8. The smallest absolute Gasteiger partial charge is 0.326 e. The van der Waals surface area contributed by atoms with Crippen LogP contribution in [0.5, 0.6) is 0 Å². The fraction of sp³-hybridized carbons (Fsp3) is 0.800. The number of nitrogens with one attached hydrogen (secondary N) is 2. The quantitative estimate of drug-likeness (QED) is 0.447. The van der Waals surface area contributed by atoms with E-state index in [1.165, 1.54) is 6.92 Å². The number of carbonyl (C=O) groups excluding carboxylic acids is 3. The Balaban J connectivity index is 1.70. The molecule has 3 amide bonds. The second-order valence-corrected chi connectivity index (χ2v) is 7.84. The Morgan fingerprint density at radius 1 is 1.03 bits per heavy atom. The van der Waals surface area contributed by atoms with E-state index in [0.29, 0.717) is 38.8 Å². The monoisotopic (exact) mass is 410 g/mol. The maximum absolute atomic E-state index is 12.4. The molecule has 0 aromatic heterocycles. The lowest BCUT2D eigenvalue weighted by Gasteiger charge is -2.24. The zero-order valence-corrected chi connectivity index (χ0v) is 17.5. The van der Waals surface area contributed by atoms with Gasteiger partial charge in [0.2, 0.25) is 17.7 Å². The van der Waals surface area contributed by atoms with Crippen molar-refractivity contribution in [1.29, 1.82) is 0 Å². The average Bonchev–Trinajstić information content (AvgIpc) is 3.35. The summed E-state index contributed by atoms with van der Waals surface area (Å²) in [6.45, 7) is 6.15. The van der Waals surface area contributed by atoms with Gasteiger partial charge in [0.05, 0.1) is 6.04 Å². The topological polar surface area (TPSA) is 119 Å². The molecule has 2 aliphatic heterocycles. The van der Waals surface area contributed by atoms with Gasteiger partial charge in [-0.25, -0.2) is 4.79 Å². The second-order valence-electron chi connectivity index (χ2n) is 7.84. The first-order valence-electron chi connectivity index (χ1n) is 10.7. The normalized spacial score (nSPS) is 23.0. The molecule has 3 unspecified atom stereocenters. The first-order valence-corrected chi connectivity index (χ1v) is 10.7. The highest BCUT2D eigenvalue weighted by molar-refractivity contribution is 5.88. The minimum Gasteiger partial charge on any atom is -0.480 e. The molecule has 2 rings (SSSR count). The zero-order chi connectivity index (χ0) is 21.4. The number of likely N-dealkylation sites (N-methyl/N-ethyl adjacent to an activating group) is 1. The van der Waals surface area contributed by atoms with E-state index in [4.69, 9.17) is 0 Å². The van der Waals surface area contributed by atoms with Crippen molar-refractivity contribution >= 4 is 23.7 Å². The van der Waals surface area contributed by atoms with Gasteiger partial charge in [-0.2, -0.15) is 0 Å². The summed E-state index contributed by atoms with van der Waals surface area (Å²) in [5, 5.41) is 14.9. The molecule has 3 atom stereocenters. The standard InChI is InChI=1S/C20H34N4O5/c1-3-23-12-6-9-16(23)19(27)22-15(20(28)29)8-4-5-11-21-18(26)17-10-7-13-24(17)14(2)25/h15-17H,3-13H2,1-2H3,(H,21,26)(H,22,27)(H,28,29). The Bertz CT molecular complexity index is 612. The summed E-state index contributed by atoms with van der Waals surface area (Å²) in [6.07, 6.45) is 4.72. The van der Waals surface area contributed by atoms with Crippen molar-refractivity contribution in [2.75, 3.05) is 26.2 Å². The van der Waals surface area contributed by atoms with Gasteiger partial charge in [0, 0.05) is 20.0 Å². The van der Waals surface area contributed by atoms with Crippen LogP contribution in [0.4, 0.5) is 0 Å². The van der Waals surface area contributed by atoms with Crippen molar-refractivity contribution in [3.05, 3.63) is 0 Å². The van der Waals surface area contributed by atoms with E-state index in [1.807, 2.05) is 6.92 Å². The van der Waals surface area contributed by atoms with Gasteiger partial charge in [-0.15, -0.1) is 0 Å². The van der Waals surface area contributed by atoms with E-state index in [1.54, 1.807) is 4.90 Å². The number of rotatable bonds is 10. The summed E-state index contributed by atoms with van der Waals surface area (Å²) in [5.41, 5.74) is 0. The molecule has 0 aromatic rings. The van der Waals surface area contributed by atoms with Gasteiger partial charge >= 0.3 is 5.97 Å². The second kappa shape index (κ2) is 11.1. The Hall–Kier alpha value is -2.16. The maximum Gasteiger partial charge on any atom is 0.326 e. The zero-order valence-electron chi connectivity index (χ0n) is 17.5. The molecule has 0 saturated carbocycles. The minimum absolute atomic E-state index is 0.0911. The molecule has 2 heterocycles. The highest BCUT2D eigenvalue weighted by Gasteiger charge is 2.33. The van der Waals surface area contributed by atoms with Crippen molar-refractivity contribution in [3.63, 3.8) is 0 Å². The van der Waals surface area contributed by atoms with Crippen molar-refractivity contribution in [2.45, 2.75) is 76.9 Å². The third kappa shape index (κ3) is 6.42. The number of hydrogen-bond donors (Lipinski definition) is 3. The molecule has 0 bridgehead atoms. The predicted molar refractivity (Wildman–Crippen MR) is 107 cm³/mol. The van der Waals surface area contributed by atoms with E-state index >= 15 is 0 Å². The molecule has 0 radical (unpaired) electrons. The minimum atomic E-state index is -1.04. The van der Waals surface area contributed by atoms with Crippen LogP contribution in [0, 0.1) is 0 Å². The van der Waals surface area contributed by atoms with Crippen LogP contribution < -0.4 is 10.6 Å². The molecular formula is C20H34N4O5. The number of nitrogens with zero attached hydrogens (tertiary/aromatic N) is 2. The number of unbranched alkanes of at least 4 members (excludes halogenated alkanes) is 1. The molecule has 0 aromatic carbocycles. The lowest BCUT2D eigenvalue weighted by Crippen LogP contribution is -2.49. The van der Waals surface area contributed by atoms with Crippen LogP contribution in [0.3, 0.4) is 0 Å². The Kier molecular flexibility index (Phi) is 8.88. The van der Waals surface area contributed by atoms with Gasteiger partial charge in [0.1, 0.15) is 12.1 Å². The van der Waals surface area contributed by atoms with E-state index in [9.17, 15) is 24.3 Å². The number of amides is 3. The predicted octanol–water partition coefficient (Wildman–Crippen LogP) is 0.338. The Morgan fingerprint density at radius 3 is 2.38 bits per heavy atom. The van der Waals surface area contributed by atoms with Gasteiger partial charge < -0.3 is 20.6 Å². The largest absolute Gasteiger partial charge is 0.480 e. The molecule has 3 N–H and O–H groups in total. The first kappa shape index (κ1) is 23.1. The molecule has 9 heteroatoms. The number of carboxylic acids is 1. The van der Waals surface area contributed by atoms with Crippen LogP contribution in [0.25, 0.3) is 0 Å². The molecular weight excluding hydrogens is 376 g/mol. The molecule has 0 spiro atoms. The van der Waals surface area contributed by atoms with Crippen LogP contribution in [0.2, 0.25) is 0 Å². The van der Waals surface area contributed by atoms with Crippen LogP contribution in [-0.4, -0.2) is 82.9 Å². The number of likely N-dealkylation sites (tertiary alicyclic amines) is 2. The van der Waals surface area contributed by atoms with Crippen LogP contribution >= 0.6 is 0 Å². The molecule has 164 valence electrons. The highest BCUT2D eigenvalue weighted by atomic mass is 16.4. The van der Waals surface area contributed by atoms with Gasteiger partial charge in [-0.3, -0.25) is 19.3 Å². The van der Waals surface area contributed by atoms with Crippen molar-refractivity contribution in [3.8, 4) is 0 Å². The lowest BCUT2D eigenvalue weighted by molar-refractivity contribution is -0.142. The van der Waals surface area contributed by atoms with E-state index in [0.717, 1.165) is 32.4 Å². The summed E-state index contributed by atoms with van der Waals surface area (Å²) >= 11 is 0. The van der Waals surface area contributed by atoms with Crippen LogP contribution in [0.15, 0.2) is 0 Å². The summed E-state index contributed by atoms with van der Waals surface area (Å²) in [7, 11) is 0. The lowest BCUT2D eigenvalue weighted by atomic mass is 10.1. The van der Waals surface area contributed by atoms with Crippen LogP contribution in [-0.2, 0) is 19.2 Å². The number of carboxylic acid groups (broad SMARTS) is 1. The van der Waals surface area contributed by atoms with Crippen molar-refractivity contribution in [2.24, 2.45) is 0 Å². The van der Waals surface area contributed by atoms with Crippen LogP contribution in [0.1, 0.15) is 58.8 Å². The van der Waals surface area contributed by atoms with Gasteiger partial charge in [-0.05, 0) is 58.0 Å². The van der Waals surface area contributed by atoms with E-state index < -0.39 is 18.1 Å².